The smallest absolute Gasteiger partial charge is 0.324 e. The monoisotopic (exact) mass is 249 g/mol. The molecule has 1 unspecified atom stereocenters. The molecule has 1 heterocycles. The lowest BCUT2D eigenvalue weighted by Crippen LogP contribution is -2.48. The van der Waals surface area contributed by atoms with Crippen molar-refractivity contribution in [1.29, 1.82) is 0 Å². The van der Waals surface area contributed by atoms with E-state index in [0.29, 0.717) is 19.4 Å². The van der Waals surface area contributed by atoms with E-state index in [9.17, 15) is 9.90 Å². The van der Waals surface area contributed by atoms with E-state index in [1.54, 1.807) is 0 Å². The van der Waals surface area contributed by atoms with E-state index < -0.39 is 11.5 Å². The van der Waals surface area contributed by atoms with Crippen LogP contribution < -0.4 is 10.1 Å². The van der Waals surface area contributed by atoms with Gasteiger partial charge in [-0.1, -0.05) is 18.2 Å². The van der Waals surface area contributed by atoms with Gasteiger partial charge in [0.1, 0.15) is 11.3 Å². The molecule has 1 saturated heterocycles. The molecule has 2 rings (SSSR count). The Kier molecular flexibility index (Phi) is 3.87. The molecular formula is C14H19NO3. The Morgan fingerprint density at radius 1 is 1.50 bits per heavy atom. The second-order valence-corrected chi connectivity index (χ2v) is 4.78. The number of hydrogen-bond donors (Lipinski definition) is 2. The summed E-state index contributed by atoms with van der Waals surface area (Å²) < 4.78 is 5.67. The highest BCUT2D eigenvalue weighted by molar-refractivity contribution is 5.79. The third-order valence-corrected chi connectivity index (χ3v) is 3.53. The van der Waals surface area contributed by atoms with E-state index in [1.807, 2.05) is 31.2 Å². The van der Waals surface area contributed by atoms with Crippen LogP contribution in [0.1, 0.15) is 24.8 Å². The summed E-state index contributed by atoms with van der Waals surface area (Å²) in [6.07, 6.45) is 2.09. The largest absolute Gasteiger partial charge is 0.493 e. The molecule has 0 saturated carbocycles. The van der Waals surface area contributed by atoms with E-state index in [2.05, 4.69) is 5.32 Å². The number of carboxylic acid groups (broad SMARTS) is 1. The molecule has 1 atom stereocenters. The van der Waals surface area contributed by atoms with Gasteiger partial charge in [0, 0.05) is 6.42 Å². The molecule has 98 valence electrons. The Morgan fingerprint density at radius 3 is 2.89 bits per heavy atom. The van der Waals surface area contributed by atoms with Crippen LogP contribution in [0.15, 0.2) is 24.3 Å². The van der Waals surface area contributed by atoms with Gasteiger partial charge in [0.05, 0.1) is 6.61 Å². The van der Waals surface area contributed by atoms with Crippen molar-refractivity contribution in [2.75, 3.05) is 13.2 Å². The van der Waals surface area contributed by atoms with Crippen LogP contribution >= 0.6 is 0 Å². The lowest BCUT2D eigenvalue weighted by molar-refractivity contribution is -0.144. The highest BCUT2D eigenvalue weighted by Crippen LogP contribution is 2.24. The van der Waals surface area contributed by atoms with Gasteiger partial charge in [-0.2, -0.15) is 0 Å². The van der Waals surface area contributed by atoms with Crippen molar-refractivity contribution < 1.29 is 14.6 Å². The first kappa shape index (κ1) is 12.9. The van der Waals surface area contributed by atoms with Gasteiger partial charge in [0.2, 0.25) is 0 Å². The number of nitrogens with one attached hydrogen (secondary N) is 1. The molecule has 1 fully saturated rings. The van der Waals surface area contributed by atoms with Crippen LogP contribution in [0.2, 0.25) is 0 Å². The Morgan fingerprint density at radius 2 is 2.28 bits per heavy atom. The molecule has 18 heavy (non-hydrogen) atoms. The normalized spacial score (nSPS) is 22.9. The third-order valence-electron chi connectivity index (χ3n) is 3.53. The second-order valence-electron chi connectivity index (χ2n) is 4.78. The first-order chi connectivity index (χ1) is 8.64. The predicted molar refractivity (Wildman–Crippen MR) is 68.9 cm³/mol. The minimum Gasteiger partial charge on any atom is -0.493 e. The maximum Gasteiger partial charge on any atom is 0.324 e. The Bertz CT molecular complexity index is 425. The van der Waals surface area contributed by atoms with Crippen molar-refractivity contribution in [1.82, 2.24) is 5.32 Å². The second kappa shape index (κ2) is 5.40. The first-order valence-corrected chi connectivity index (χ1v) is 6.31. The summed E-state index contributed by atoms with van der Waals surface area (Å²) in [5.41, 5.74) is 0.282. The summed E-state index contributed by atoms with van der Waals surface area (Å²) in [6, 6.07) is 7.77. The molecule has 1 aromatic carbocycles. The number of para-hydroxylation sites is 1. The molecule has 4 nitrogen and oxygen atoms in total. The van der Waals surface area contributed by atoms with Crippen LogP contribution in [-0.2, 0) is 4.79 Å². The fourth-order valence-corrected chi connectivity index (χ4v) is 2.36. The number of aliphatic carboxylic acids is 1. The van der Waals surface area contributed by atoms with Crippen molar-refractivity contribution >= 4 is 5.97 Å². The standard InChI is InChI=1S/C14H19NO3/c1-11-5-2-3-6-12(11)18-10-8-14(13(16)17)7-4-9-15-14/h2-3,5-6,15H,4,7-10H2,1H3,(H,16,17). The minimum absolute atomic E-state index is 0.421. The zero-order valence-corrected chi connectivity index (χ0v) is 10.6. The topological polar surface area (TPSA) is 58.6 Å². The molecule has 0 radical (unpaired) electrons. The Labute approximate surface area is 107 Å². The van der Waals surface area contributed by atoms with Crippen molar-refractivity contribution in [3.05, 3.63) is 29.8 Å². The fourth-order valence-electron chi connectivity index (χ4n) is 2.36. The van der Waals surface area contributed by atoms with Crippen LogP contribution in [0, 0.1) is 6.92 Å². The molecule has 2 N–H and O–H groups in total. The van der Waals surface area contributed by atoms with Gasteiger partial charge in [0.25, 0.3) is 0 Å². The summed E-state index contributed by atoms with van der Waals surface area (Å²) in [7, 11) is 0. The number of carbonyl (C=O) groups is 1. The molecule has 1 aliphatic rings. The van der Waals surface area contributed by atoms with E-state index >= 15 is 0 Å². The zero-order chi connectivity index (χ0) is 13.0. The van der Waals surface area contributed by atoms with Crippen molar-refractivity contribution in [2.24, 2.45) is 0 Å². The summed E-state index contributed by atoms with van der Waals surface area (Å²) >= 11 is 0. The Balaban J connectivity index is 1.92. The average molecular weight is 249 g/mol. The molecular weight excluding hydrogens is 230 g/mol. The average Bonchev–Trinajstić information content (AvgIpc) is 2.82. The lowest BCUT2D eigenvalue weighted by Gasteiger charge is -2.24. The Hall–Kier alpha value is -1.55. The van der Waals surface area contributed by atoms with E-state index in [0.717, 1.165) is 24.3 Å². The molecule has 1 aliphatic heterocycles. The molecule has 0 amide bonds. The van der Waals surface area contributed by atoms with Crippen molar-refractivity contribution in [2.45, 2.75) is 31.7 Å². The van der Waals surface area contributed by atoms with Crippen LogP contribution in [0.25, 0.3) is 0 Å². The number of aryl methyl sites for hydroxylation is 1. The summed E-state index contributed by atoms with van der Waals surface area (Å²) in [6.45, 7) is 3.18. The minimum atomic E-state index is -0.789. The van der Waals surface area contributed by atoms with Gasteiger partial charge in [-0.15, -0.1) is 0 Å². The summed E-state index contributed by atoms with van der Waals surface area (Å²) in [4.78, 5) is 11.3. The number of hydrogen-bond acceptors (Lipinski definition) is 3. The number of rotatable bonds is 5. The van der Waals surface area contributed by atoms with Gasteiger partial charge in [-0.3, -0.25) is 4.79 Å². The van der Waals surface area contributed by atoms with Crippen LogP contribution in [0.5, 0.6) is 5.75 Å². The molecule has 1 aromatic rings. The molecule has 4 heteroatoms. The van der Waals surface area contributed by atoms with E-state index in [1.165, 1.54) is 0 Å². The summed E-state index contributed by atoms with van der Waals surface area (Å²) in [5, 5.41) is 12.4. The first-order valence-electron chi connectivity index (χ1n) is 6.31. The molecule has 0 aromatic heterocycles. The zero-order valence-electron chi connectivity index (χ0n) is 10.6. The van der Waals surface area contributed by atoms with Crippen molar-refractivity contribution in [3.63, 3.8) is 0 Å². The fraction of sp³-hybridized carbons (Fsp3) is 0.500. The van der Waals surface area contributed by atoms with Crippen molar-refractivity contribution in [3.8, 4) is 5.75 Å². The summed E-state index contributed by atoms with van der Waals surface area (Å²) in [5.74, 6) is 0.0596. The van der Waals surface area contributed by atoms with E-state index in [4.69, 9.17) is 4.74 Å². The molecule has 0 spiro atoms. The third kappa shape index (κ3) is 2.64. The lowest BCUT2D eigenvalue weighted by atomic mass is 9.94. The number of benzene rings is 1. The molecule has 0 bridgehead atoms. The van der Waals surface area contributed by atoms with Gasteiger partial charge < -0.3 is 15.2 Å². The van der Waals surface area contributed by atoms with E-state index in [-0.39, 0.29) is 0 Å². The van der Waals surface area contributed by atoms with Gasteiger partial charge in [-0.05, 0) is 37.9 Å². The maximum atomic E-state index is 11.3. The SMILES string of the molecule is Cc1ccccc1OCCC1(C(=O)O)CCCN1. The quantitative estimate of drug-likeness (QED) is 0.837. The van der Waals surface area contributed by atoms with Gasteiger partial charge in [-0.25, -0.2) is 0 Å². The maximum absolute atomic E-state index is 11.3. The highest BCUT2D eigenvalue weighted by Gasteiger charge is 2.40. The molecule has 0 aliphatic carbocycles. The number of carboxylic acids is 1. The van der Waals surface area contributed by atoms with Crippen LogP contribution in [0.3, 0.4) is 0 Å². The number of ether oxygens (including phenoxy) is 1. The van der Waals surface area contributed by atoms with Gasteiger partial charge >= 0.3 is 5.97 Å². The van der Waals surface area contributed by atoms with Gasteiger partial charge in [0.15, 0.2) is 0 Å². The highest BCUT2D eigenvalue weighted by atomic mass is 16.5. The predicted octanol–water partition coefficient (Wildman–Crippen LogP) is 1.97. The van der Waals surface area contributed by atoms with Crippen LogP contribution in [-0.4, -0.2) is 29.8 Å². The van der Waals surface area contributed by atoms with Crippen LogP contribution in [0.4, 0.5) is 0 Å².